The highest BCUT2D eigenvalue weighted by molar-refractivity contribution is 14.1. The first kappa shape index (κ1) is 14.3. The summed E-state index contributed by atoms with van der Waals surface area (Å²) in [5.74, 6) is 1.64. The number of halogens is 1. The second kappa shape index (κ2) is 7.45. The van der Waals surface area contributed by atoms with Gasteiger partial charge in [0.25, 0.3) is 0 Å². The Morgan fingerprint density at radius 1 is 1.26 bits per heavy atom. The zero-order valence-electron chi connectivity index (χ0n) is 10.9. The summed E-state index contributed by atoms with van der Waals surface area (Å²) in [6.07, 6.45) is 4.74. The number of rotatable bonds is 6. The van der Waals surface area contributed by atoms with Crippen molar-refractivity contribution in [3.8, 4) is 11.5 Å². The Balaban J connectivity index is 2.05. The van der Waals surface area contributed by atoms with Gasteiger partial charge in [-0.05, 0) is 59.3 Å². The van der Waals surface area contributed by atoms with Crippen LogP contribution in [-0.2, 0) is 6.54 Å². The predicted molar refractivity (Wildman–Crippen MR) is 85.5 cm³/mol. The van der Waals surface area contributed by atoms with E-state index in [9.17, 15) is 0 Å². The molecule has 100 valence electrons. The van der Waals surface area contributed by atoms with Crippen LogP contribution in [0.4, 0.5) is 0 Å². The number of nitrogens with one attached hydrogen (secondary N) is 1. The van der Waals surface area contributed by atoms with Crippen LogP contribution in [0.25, 0.3) is 0 Å². The summed E-state index contributed by atoms with van der Waals surface area (Å²) in [5.41, 5.74) is 1.14. The van der Waals surface area contributed by atoms with Gasteiger partial charge in [-0.3, -0.25) is 4.98 Å². The Morgan fingerprint density at radius 2 is 2.11 bits per heavy atom. The van der Waals surface area contributed by atoms with Crippen LogP contribution in [0.5, 0.6) is 11.5 Å². The third kappa shape index (κ3) is 4.47. The first-order chi connectivity index (χ1) is 9.29. The number of benzene rings is 1. The van der Waals surface area contributed by atoms with E-state index in [1.807, 2.05) is 36.5 Å². The lowest BCUT2D eigenvalue weighted by Gasteiger charge is -2.09. The predicted octanol–water partition coefficient (Wildman–Crippen LogP) is 3.98. The van der Waals surface area contributed by atoms with Crippen molar-refractivity contribution < 1.29 is 4.74 Å². The number of pyridine rings is 1. The van der Waals surface area contributed by atoms with Gasteiger partial charge in [0.05, 0.1) is 9.77 Å². The minimum atomic E-state index is 0.778. The fourth-order valence-electron chi connectivity index (χ4n) is 1.68. The van der Waals surface area contributed by atoms with Crippen molar-refractivity contribution in [1.29, 1.82) is 0 Å². The minimum absolute atomic E-state index is 0.778. The highest BCUT2D eigenvalue weighted by Gasteiger charge is 2.03. The quantitative estimate of drug-likeness (QED) is 0.619. The summed E-state index contributed by atoms with van der Waals surface area (Å²) in [5, 5.41) is 3.36. The maximum atomic E-state index is 5.86. The summed E-state index contributed by atoms with van der Waals surface area (Å²) in [4.78, 5) is 4.22. The topological polar surface area (TPSA) is 34.2 Å². The molecule has 0 unspecified atom stereocenters. The van der Waals surface area contributed by atoms with Crippen LogP contribution in [0.2, 0.25) is 0 Å². The molecule has 1 aromatic carbocycles. The van der Waals surface area contributed by atoms with Crippen molar-refractivity contribution in [3.63, 3.8) is 0 Å². The first-order valence-electron chi connectivity index (χ1n) is 6.36. The van der Waals surface area contributed by atoms with Gasteiger partial charge in [0.15, 0.2) is 0 Å². The van der Waals surface area contributed by atoms with Gasteiger partial charge in [0.1, 0.15) is 11.5 Å². The van der Waals surface area contributed by atoms with E-state index in [1.54, 1.807) is 6.20 Å². The Morgan fingerprint density at radius 3 is 2.89 bits per heavy atom. The average molecular weight is 368 g/mol. The Bertz CT molecular complexity index is 531. The molecule has 2 rings (SSSR count). The van der Waals surface area contributed by atoms with Crippen LogP contribution >= 0.6 is 22.6 Å². The molecule has 0 bridgehead atoms. The summed E-state index contributed by atoms with van der Waals surface area (Å²) < 4.78 is 6.95. The maximum Gasteiger partial charge on any atom is 0.146 e. The molecule has 0 spiro atoms. The zero-order chi connectivity index (χ0) is 13.5. The van der Waals surface area contributed by atoms with Gasteiger partial charge in [0, 0.05) is 12.7 Å². The standard InChI is InChI=1S/C15H17IN2O/c1-2-7-17-9-12-8-13(11-18-10-12)19-15-6-4-3-5-14(15)16/h3-6,8,10-11,17H,2,7,9H2,1H3. The molecule has 0 saturated heterocycles. The summed E-state index contributed by atoms with van der Waals surface area (Å²) in [6.45, 7) is 3.99. The van der Waals surface area contributed by atoms with E-state index in [0.717, 1.165) is 40.1 Å². The number of para-hydroxylation sites is 1. The van der Waals surface area contributed by atoms with E-state index in [2.05, 4.69) is 39.8 Å². The van der Waals surface area contributed by atoms with Gasteiger partial charge in [-0.15, -0.1) is 0 Å². The molecule has 19 heavy (non-hydrogen) atoms. The fraction of sp³-hybridized carbons (Fsp3) is 0.267. The van der Waals surface area contributed by atoms with E-state index in [-0.39, 0.29) is 0 Å². The van der Waals surface area contributed by atoms with E-state index in [4.69, 9.17) is 4.74 Å². The van der Waals surface area contributed by atoms with E-state index >= 15 is 0 Å². The van der Waals surface area contributed by atoms with Crippen LogP contribution in [0.3, 0.4) is 0 Å². The molecule has 0 atom stereocenters. The highest BCUT2D eigenvalue weighted by atomic mass is 127. The molecule has 1 aromatic heterocycles. The molecule has 0 aliphatic carbocycles. The van der Waals surface area contributed by atoms with Crippen LogP contribution in [0, 0.1) is 3.57 Å². The molecular formula is C15H17IN2O. The molecule has 1 N–H and O–H groups in total. The smallest absolute Gasteiger partial charge is 0.146 e. The average Bonchev–Trinajstić information content (AvgIpc) is 2.42. The second-order valence-corrected chi connectivity index (χ2v) is 5.40. The molecule has 4 heteroatoms. The molecule has 0 fully saturated rings. The highest BCUT2D eigenvalue weighted by Crippen LogP contribution is 2.26. The van der Waals surface area contributed by atoms with Crippen molar-refractivity contribution in [2.45, 2.75) is 19.9 Å². The van der Waals surface area contributed by atoms with Crippen LogP contribution in [0.15, 0.2) is 42.7 Å². The van der Waals surface area contributed by atoms with E-state index in [1.165, 1.54) is 0 Å². The lowest BCUT2D eigenvalue weighted by atomic mass is 10.2. The number of nitrogens with zero attached hydrogens (tertiary/aromatic N) is 1. The lowest BCUT2D eigenvalue weighted by molar-refractivity contribution is 0.475. The van der Waals surface area contributed by atoms with Gasteiger partial charge < -0.3 is 10.1 Å². The Labute approximate surface area is 127 Å². The van der Waals surface area contributed by atoms with E-state index in [0.29, 0.717) is 0 Å². The molecule has 0 amide bonds. The molecule has 0 saturated carbocycles. The van der Waals surface area contributed by atoms with Gasteiger partial charge in [0.2, 0.25) is 0 Å². The molecule has 3 nitrogen and oxygen atoms in total. The van der Waals surface area contributed by atoms with Crippen molar-refractivity contribution in [2.24, 2.45) is 0 Å². The fourth-order valence-corrected chi connectivity index (χ4v) is 2.18. The molecule has 0 radical (unpaired) electrons. The second-order valence-electron chi connectivity index (χ2n) is 4.24. The minimum Gasteiger partial charge on any atom is -0.455 e. The Hall–Kier alpha value is -1.14. The third-order valence-corrected chi connectivity index (χ3v) is 3.48. The van der Waals surface area contributed by atoms with Gasteiger partial charge in [-0.1, -0.05) is 19.1 Å². The molecule has 0 aliphatic rings. The van der Waals surface area contributed by atoms with Crippen LogP contribution in [0.1, 0.15) is 18.9 Å². The van der Waals surface area contributed by atoms with Crippen molar-refractivity contribution in [2.75, 3.05) is 6.54 Å². The van der Waals surface area contributed by atoms with Gasteiger partial charge >= 0.3 is 0 Å². The molecule has 2 aromatic rings. The van der Waals surface area contributed by atoms with Gasteiger partial charge in [-0.2, -0.15) is 0 Å². The SMILES string of the molecule is CCCNCc1cncc(Oc2ccccc2I)c1. The Kier molecular flexibility index (Phi) is 5.60. The molecule has 0 aliphatic heterocycles. The summed E-state index contributed by atoms with van der Waals surface area (Å²) >= 11 is 2.27. The molecule has 1 heterocycles. The van der Waals surface area contributed by atoms with Crippen molar-refractivity contribution in [1.82, 2.24) is 10.3 Å². The first-order valence-corrected chi connectivity index (χ1v) is 7.44. The van der Waals surface area contributed by atoms with Crippen LogP contribution in [-0.4, -0.2) is 11.5 Å². The summed E-state index contributed by atoms with van der Waals surface area (Å²) in [7, 11) is 0. The molecular weight excluding hydrogens is 351 g/mol. The number of aromatic nitrogens is 1. The normalized spacial score (nSPS) is 10.4. The summed E-state index contributed by atoms with van der Waals surface area (Å²) in [6, 6.07) is 9.98. The number of hydrogen-bond acceptors (Lipinski definition) is 3. The van der Waals surface area contributed by atoms with Crippen LogP contribution < -0.4 is 10.1 Å². The monoisotopic (exact) mass is 368 g/mol. The number of hydrogen-bond donors (Lipinski definition) is 1. The van der Waals surface area contributed by atoms with Gasteiger partial charge in [-0.25, -0.2) is 0 Å². The van der Waals surface area contributed by atoms with E-state index < -0.39 is 0 Å². The third-order valence-electron chi connectivity index (χ3n) is 2.59. The maximum absolute atomic E-state index is 5.86. The lowest BCUT2D eigenvalue weighted by Crippen LogP contribution is -2.13. The largest absolute Gasteiger partial charge is 0.455 e. The zero-order valence-corrected chi connectivity index (χ0v) is 13.1. The van der Waals surface area contributed by atoms with Crippen molar-refractivity contribution in [3.05, 3.63) is 51.9 Å². The number of ether oxygens (including phenoxy) is 1. The van der Waals surface area contributed by atoms with Crippen molar-refractivity contribution >= 4 is 22.6 Å².